The molecule has 0 aromatic heterocycles. The van der Waals surface area contributed by atoms with Crippen molar-refractivity contribution in [2.45, 2.75) is 29.4 Å². The summed E-state index contributed by atoms with van der Waals surface area (Å²) in [6.45, 7) is 5.65. The molecule has 4 rings (SSSR count). The van der Waals surface area contributed by atoms with E-state index in [-0.39, 0.29) is 17.9 Å². The first-order valence-corrected chi connectivity index (χ1v) is 13.2. The van der Waals surface area contributed by atoms with Crippen LogP contribution in [0, 0.1) is 11.3 Å². The first kappa shape index (κ1) is 24.6. The summed E-state index contributed by atoms with van der Waals surface area (Å²) in [5, 5.41) is -1.03. The zero-order valence-electron chi connectivity index (χ0n) is 19.5. The molecule has 0 unspecified atom stereocenters. The highest BCUT2D eigenvalue weighted by molar-refractivity contribution is 7.92. The van der Waals surface area contributed by atoms with E-state index in [0.717, 1.165) is 0 Å². The van der Waals surface area contributed by atoms with Crippen LogP contribution >= 0.6 is 0 Å². The van der Waals surface area contributed by atoms with E-state index in [1.807, 2.05) is 6.07 Å². The number of sulfone groups is 1. The van der Waals surface area contributed by atoms with Crippen LogP contribution in [0.1, 0.15) is 35.2 Å². The van der Waals surface area contributed by atoms with Gasteiger partial charge in [0.25, 0.3) is 0 Å². The number of ether oxygens (including phenoxy) is 1. The third-order valence-corrected chi connectivity index (χ3v) is 9.06. The molecule has 6 heteroatoms. The average Bonchev–Trinajstić information content (AvgIpc) is 3.27. The van der Waals surface area contributed by atoms with Crippen molar-refractivity contribution in [3.8, 4) is 0 Å². The maximum absolute atomic E-state index is 14.3. The van der Waals surface area contributed by atoms with E-state index >= 15 is 0 Å². The average molecular weight is 489 g/mol. The van der Waals surface area contributed by atoms with E-state index < -0.39 is 44.1 Å². The number of carbonyl (C=O) groups excluding carboxylic acids is 2. The summed E-state index contributed by atoms with van der Waals surface area (Å²) in [5.41, 5.74) is -0.864. The van der Waals surface area contributed by atoms with E-state index in [0.29, 0.717) is 11.1 Å². The molecule has 1 aliphatic rings. The highest BCUT2D eigenvalue weighted by atomic mass is 32.2. The van der Waals surface area contributed by atoms with Gasteiger partial charge in [0, 0.05) is 17.4 Å². The molecule has 3 aromatic carbocycles. The van der Waals surface area contributed by atoms with Crippen molar-refractivity contribution in [3.05, 3.63) is 115 Å². The fourth-order valence-corrected chi connectivity index (χ4v) is 7.44. The Morgan fingerprint density at radius 2 is 1.49 bits per heavy atom. The number of hydrogen-bond donors (Lipinski definition) is 0. The highest BCUT2D eigenvalue weighted by Crippen LogP contribution is 2.58. The lowest BCUT2D eigenvalue weighted by molar-refractivity contribution is -0.154. The summed E-state index contributed by atoms with van der Waals surface area (Å²) in [7, 11) is -3.92. The number of allylic oxidation sites excluding steroid dienone is 1. The van der Waals surface area contributed by atoms with Gasteiger partial charge >= 0.3 is 5.97 Å². The zero-order valence-corrected chi connectivity index (χ0v) is 20.4. The third-order valence-electron chi connectivity index (χ3n) is 6.87. The van der Waals surface area contributed by atoms with Crippen LogP contribution in [0.15, 0.2) is 109 Å². The SMILES string of the molecule is C=C[C@H]1C[C@@H](S(=O)(=O)c2ccccc2)[C@H](c2ccccc2)[C@@]1(C(=O)OCC)C(=O)c1ccccc1. The van der Waals surface area contributed by atoms with E-state index in [1.54, 1.807) is 91.9 Å². The van der Waals surface area contributed by atoms with E-state index in [9.17, 15) is 18.0 Å². The summed E-state index contributed by atoms with van der Waals surface area (Å²) >= 11 is 0. The second-order valence-electron chi connectivity index (χ2n) is 8.65. The molecule has 1 fully saturated rings. The van der Waals surface area contributed by atoms with Gasteiger partial charge < -0.3 is 4.74 Å². The lowest BCUT2D eigenvalue weighted by Crippen LogP contribution is -2.48. The Morgan fingerprint density at radius 1 is 0.943 bits per heavy atom. The molecular formula is C29H28O5S. The third kappa shape index (κ3) is 4.12. The lowest BCUT2D eigenvalue weighted by Gasteiger charge is -2.37. The summed E-state index contributed by atoms with van der Waals surface area (Å²) in [6, 6.07) is 25.6. The van der Waals surface area contributed by atoms with Gasteiger partial charge in [0.15, 0.2) is 15.6 Å². The van der Waals surface area contributed by atoms with Gasteiger partial charge in [0.05, 0.1) is 16.8 Å². The van der Waals surface area contributed by atoms with Crippen molar-refractivity contribution >= 4 is 21.6 Å². The topological polar surface area (TPSA) is 77.5 Å². The number of benzene rings is 3. The predicted octanol–water partition coefficient (Wildman–Crippen LogP) is 5.25. The van der Waals surface area contributed by atoms with E-state index in [4.69, 9.17) is 4.74 Å². The molecule has 5 nitrogen and oxygen atoms in total. The summed E-state index contributed by atoms with van der Waals surface area (Å²) < 4.78 is 33.5. The van der Waals surface area contributed by atoms with Gasteiger partial charge in [-0.25, -0.2) is 8.42 Å². The molecule has 180 valence electrons. The van der Waals surface area contributed by atoms with Crippen LogP contribution in [-0.2, 0) is 19.4 Å². The van der Waals surface area contributed by atoms with Crippen LogP contribution in [0.25, 0.3) is 0 Å². The number of ketones is 1. The lowest BCUT2D eigenvalue weighted by atomic mass is 9.65. The molecule has 1 saturated carbocycles. The maximum atomic E-state index is 14.3. The molecule has 0 amide bonds. The van der Waals surface area contributed by atoms with E-state index in [1.165, 1.54) is 6.08 Å². The van der Waals surface area contributed by atoms with Crippen molar-refractivity contribution in [3.63, 3.8) is 0 Å². The molecule has 1 aliphatic carbocycles. The van der Waals surface area contributed by atoms with Crippen LogP contribution in [0.4, 0.5) is 0 Å². The van der Waals surface area contributed by atoms with Gasteiger partial charge in [-0.15, -0.1) is 6.58 Å². The van der Waals surface area contributed by atoms with Gasteiger partial charge in [0.1, 0.15) is 5.41 Å². The van der Waals surface area contributed by atoms with Crippen LogP contribution in [0.3, 0.4) is 0 Å². The minimum Gasteiger partial charge on any atom is -0.465 e. The van der Waals surface area contributed by atoms with Crippen LogP contribution < -0.4 is 0 Å². The van der Waals surface area contributed by atoms with Gasteiger partial charge in [-0.3, -0.25) is 9.59 Å². The van der Waals surface area contributed by atoms with Gasteiger partial charge in [-0.05, 0) is 31.0 Å². The van der Waals surface area contributed by atoms with Crippen molar-refractivity contribution in [2.24, 2.45) is 11.3 Å². The second kappa shape index (κ2) is 10.0. The Kier molecular flexibility index (Phi) is 7.03. The largest absolute Gasteiger partial charge is 0.465 e. The smallest absolute Gasteiger partial charge is 0.321 e. The van der Waals surface area contributed by atoms with Crippen molar-refractivity contribution < 1.29 is 22.7 Å². The molecule has 0 heterocycles. The normalized spacial score (nSPS) is 24.0. The molecular weight excluding hydrogens is 460 g/mol. The summed E-state index contributed by atoms with van der Waals surface area (Å²) in [6.07, 6.45) is 1.60. The fourth-order valence-electron chi connectivity index (χ4n) is 5.37. The first-order valence-electron chi connectivity index (χ1n) is 11.6. The van der Waals surface area contributed by atoms with Gasteiger partial charge in [-0.2, -0.15) is 0 Å². The molecule has 0 N–H and O–H groups in total. The van der Waals surface area contributed by atoms with Crippen LogP contribution in [0.2, 0.25) is 0 Å². The number of esters is 1. The number of rotatable bonds is 8. The van der Waals surface area contributed by atoms with E-state index in [2.05, 4.69) is 6.58 Å². The predicted molar refractivity (Wildman–Crippen MR) is 135 cm³/mol. The Hall–Kier alpha value is -3.51. The van der Waals surface area contributed by atoms with Crippen LogP contribution in [-0.4, -0.2) is 32.0 Å². The standard InChI is InChI=1S/C29H28O5S/c1-3-23-20-25(35(32,33)24-18-12-7-13-19-24)26(21-14-8-5-9-15-21)29(23,28(31)34-4-2)27(30)22-16-10-6-11-17-22/h3,5-19,23,25-26H,1,4,20H2,2H3/t23-,25+,26-,29+/m0/s1. The Bertz CT molecular complexity index is 1300. The molecule has 4 atom stereocenters. The van der Waals surface area contributed by atoms with Gasteiger partial charge in [-0.1, -0.05) is 84.9 Å². The maximum Gasteiger partial charge on any atom is 0.321 e. The Balaban J connectivity index is 2.03. The minimum absolute atomic E-state index is 0.0597. The first-order chi connectivity index (χ1) is 16.9. The molecule has 3 aromatic rings. The fraction of sp³-hybridized carbons (Fsp3) is 0.241. The molecule has 0 aliphatic heterocycles. The quantitative estimate of drug-likeness (QED) is 0.187. The van der Waals surface area contributed by atoms with Crippen molar-refractivity contribution in [2.75, 3.05) is 6.61 Å². The van der Waals surface area contributed by atoms with Crippen LogP contribution in [0.5, 0.6) is 0 Å². The van der Waals surface area contributed by atoms with Gasteiger partial charge in [0.2, 0.25) is 0 Å². The zero-order chi connectivity index (χ0) is 25.1. The molecule has 0 spiro atoms. The molecule has 35 heavy (non-hydrogen) atoms. The monoisotopic (exact) mass is 488 g/mol. The van der Waals surface area contributed by atoms with Crippen molar-refractivity contribution in [1.82, 2.24) is 0 Å². The summed E-state index contributed by atoms with van der Waals surface area (Å²) in [5.74, 6) is -2.90. The second-order valence-corrected chi connectivity index (χ2v) is 10.8. The number of carbonyl (C=O) groups is 2. The molecule has 0 radical (unpaired) electrons. The molecule has 0 bridgehead atoms. The Labute approximate surface area is 206 Å². The highest BCUT2D eigenvalue weighted by Gasteiger charge is 2.67. The number of Topliss-reactive ketones (excluding diaryl/α,β-unsaturated/α-hetero) is 1. The number of hydrogen-bond acceptors (Lipinski definition) is 5. The summed E-state index contributed by atoms with van der Waals surface area (Å²) in [4.78, 5) is 28.3. The Morgan fingerprint density at radius 3 is 2.03 bits per heavy atom. The minimum atomic E-state index is -3.92. The van der Waals surface area contributed by atoms with Crippen molar-refractivity contribution in [1.29, 1.82) is 0 Å². The molecule has 0 saturated heterocycles.